The van der Waals surface area contributed by atoms with Gasteiger partial charge in [-0.25, -0.2) is 15.0 Å². The Morgan fingerprint density at radius 2 is 2.00 bits per heavy atom. The van der Waals surface area contributed by atoms with Gasteiger partial charge in [0.1, 0.15) is 6.33 Å². The Labute approximate surface area is 176 Å². The van der Waals surface area contributed by atoms with Crippen LogP contribution in [-0.2, 0) is 6.54 Å². The highest BCUT2D eigenvalue weighted by Gasteiger charge is 2.16. The molecule has 0 unspecified atom stereocenters. The van der Waals surface area contributed by atoms with Gasteiger partial charge < -0.3 is 15.6 Å². The van der Waals surface area contributed by atoms with E-state index in [2.05, 4.69) is 33.7 Å². The standard InChI is InChI=1S/C18H23ClN6S.C2H6/c1-11(2)21-7-4-8-25-17-15(16(20)22-10-23-17)24-18(25)26-14-6-5-13(19)9-12(14)3;1-2/h5-6,9-11,21H,4,7-8H2,1-3H3,(H2,20,22,23);1-2H3. The van der Waals surface area contributed by atoms with E-state index in [0.29, 0.717) is 17.4 Å². The zero-order valence-electron chi connectivity index (χ0n) is 17.2. The van der Waals surface area contributed by atoms with Crippen LogP contribution in [0.1, 0.15) is 39.7 Å². The van der Waals surface area contributed by atoms with Crippen LogP contribution in [0, 0.1) is 6.92 Å². The molecule has 0 aliphatic carbocycles. The average Bonchev–Trinajstić information content (AvgIpc) is 3.01. The van der Waals surface area contributed by atoms with Crippen LogP contribution < -0.4 is 11.1 Å². The number of nitrogens with one attached hydrogen (secondary N) is 1. The summed E-state index contributed by atoms with van der Waals surface area (Å²) in [6, 6.07) is 6.34. The number of benzene rings is 1. The van der Waals surface area contributed by atoms with Gasteiger partial charge in [-0.3, -0.25) is 0 Å². The van der Waals surface area contributed by atoms with E-state index >= 15 is 0 Å². The molecule has 8 heteroatoms. The Morgan fingerprint density at radius 1 is 1.25 bits per heavy atom. The molecule has 152 valence electrons. The minimum Gasteiger partial charge on any atom is -0.382 e. The molecule has 1 aromatic carbocycles. The van der Waals surface area contributed by atoms with Crippen LogP contribution in [0.5, 0.6) is 0 Å². The zero-order chi connectivity index (χ0) is 20.7. The predicted octanol–water partition coefficient (Wildman–Crippen LogP) is 4.94. The third kappa shape index (κ3) is 5.59. The lowest BCUT2D eigenvalue weighted by atomic mass is 10.2. The van der Waals surface area contributed by atoms with Gasteiger partial charge in [-0.2, -0.15) is 0 Å². The Bertz CT molecular complexity index is 909. The molecule has 0 aliphatic heterocycles. The number of nitrogens with two attached hydrogens (primary N) is 1. The van der Waals surface area contributed by atoms with Crippen molar-refractivity contribution in [1.29, 1.82) is 0 Å². The van der Waals surface area contributed by atoms with Crippen molar-refractivity contribution in [3.05, 3.63) is 35.1 Å². The van der Waals surface area contributed by atoms with Crippen molar-refractivity contribution in [1.82, 2.24) is 24.8 Å². The molecule has 0 radical (unpaired) electrons. The third-order valence-corrected chi connectivity index (χ3v) is 5.38. The van der Waals surface area contributed by atoms with Gasteiger partial charge >= 0.3 is 0 Å². The number of anilines is 1. The maximum atomic E-state index is 6.07. The molecule has 0 saturated carbocycles. The summed E-state index contributed by atoms with van der Waals surface area (Å²) in [5.41, 5.74) is 8.55. The van der Waals surface area contributed by atoms with E-state index < -0.39 is 0 Å². The first-order chi connectivity index (χ1) is 13.5. The molecule has 0 fully saturated rings. The molecule has 0 aliphatic rings. The molecule has 0 atom stereocenters. The van der Waals surface area contributed by atoms with Gasteiger partial charge in [0.2, 0.25) is 0 Å². The van der Waals surface area contributed by atoms with Gasteiger partial charge in [0.15, 0.2) is 22.1 Å². The van der Waals surface area contributed by atoms with Crippen LogP contribution in [0.25, 0.3) is 11.2 Å². The molecule has 3 aromatic rings. The Morgan fingerprint density at radius 3 is 2.68 bits per heavy atom. The second-order valence-electron chi connectivity index (χ2n) is 6.45. The second kappa shape index (κ2) is 10.6. The maximum absolute atomic E-state index is 6.07. The quantitative estimate of drug-likeness (QED) is 0.527. The normalized spacial score (nSPS) is 11.0. The molecule has 3 N–H and O–H groups in total. The number of aryl methyl sites for hydroxylation is 2. The Balaban J connectivity index is 0.00000136. The fourth-order valence-corrected chi connectivity index (χ4v) is 3.87. The summed E-state index contributed by atoms with van der Waals surface area (Å²) in [6.07, 6.45) is 2.46. The number of nitrogen functional groups attached to an aromatic ring is 1. The number of imidazole rings is 1. The summed E-state index contributed by atoms with van der Waals surface area (Å²) in [6.45, 7) is 12.1. The fourth-order valence-electron chi connectivity index (χ4n) is 2.67. The number of halogens is 1. The van der Waals surface area contributed by atoms with Gasteiger partial charge in [-0.15, -0.1) is 0 Å². The third-order valence-electron chi connectivity index (χ3n) is 3.97. The Kier molecular flexibility index (Phi) is 8.54. The number of aromatic nitrogens is 4. The van der Waals surface area contributed by atoms with Gasteiger partial charge in [0.05, 0.1) is 0 Å². The summed E-state index contributed by atoms with van der Waals surface area (Å²) < 4.78 is 2.12. The first-order valence-corrected chi connectivity index (χ1v) is 10.8. The Hall–Kier alpha value is -1.83. The van der Waals surface area contributed by atoms with Crippen LogP contribution in [0.3, 0.4) is 0 Å². The van der Waals surface area contributed by atoms with E-state index in [1.165, 1.54) is 6.33 Å². The highest BCUT2D eigenvalue weighted by Crippen LogP contribution is 2.33. The number of hydrogen-bond acceptors (Lipinski definition) is 6. The lowest BCUT2D eigenvalue weighted by Gasteiger charge is -2.11. The first-order valence-electron chi connectivity index (χ1n) is 9.60. The van der Waals surface area contributed by atoms with Crippen molar-refractivity contribution in [3.63, 3.8) is 0 Å². The van der Waals surface area contributed by atoms with Gasteiger partial charge in [0.25, 0.3) is 0 Å². The van der Waals surface area contributed by atoms with Crippen LogP contribution in [0.15, 0.2) is 34.6 Å². The molecule has 0 amide bonds. The lowest BCUT2D eigenvalue weighted by molar-refractivity contribution is 0.525. The molecule has 3 rings (SSSR count). The topological polar surface area (TPSA) is 81.7 Å². The lowest BCUT2D eigenvalue weighted by Crippen LogP contribution is -2.24. The molecule has 0 bridgehead atoms. The van der Waals surface area contributed by atoms with Crippen molar-refractivity contribution < 1.29 is 0 Å². The minimum absolute atomic E-state index is 0.406. The highest BCUT2D eigenvalue weighted by atomic mass is 35.5. The SMILES string of the molecule is CC.Cc1cc(Cl)ccc1Sc1nc2c(N)ncnc2n1CCCNC(C)C. The van der Waals surface area contributed by atoms with Crippen LogP contribution in [0.2, 0.25) is 5.02 Å². The van der Waals surface area contributed by atoms with Gasteiger partial charge in [-0.05, 0) is 43.7 Å². The smallest absolute Gasteiger partial charge is 0.175 e. The summed E-state index contributed by atoms with van der Waals surface area (Å²) in [4.78, 5) is 14.3. The molecule has 2 heterocycles. The summed E-state index contributed by atoms with van der Waals surface area (Å²) in [7, 11) is 0. The summed E-state index contributed by atoms with van der Waals surface area (Å²) in [5, 5.41) is 5.03. The largest absolute Gasteiger partial charge is 0.382 e. The summed E-state index contributed by atoms with van der Waals surface area (Å²) in [5.74, 6) is 0.406. The van der Waals surface area contributed by atoms with Crippen LogP contribution in [0.4, 0.5) is 5.82 Å². The first kappa shape index (κ1) is 22.5. The van der Waals surface area contributed by atoms with Crippen molar-refractivity contribution in [2.45, 2.75) is 63.7 Å². The second-order valence-corrected chi connectivity index (χ2v) is 7.90. The molecular weight excluding hydrogens is 392 g/mol. The molecular formula is C20H29ClN6S. The van der Waals surface area contributed by atoms with E-state index in [9.17, 15) is 0 Å². The molecule has 0 saturated heterocycles. The van der Waals surface area contributed by atoms with Gasteiger partial charge in [-0.1, -0.05) is 51.1 Å². The average molecular weight is 421 g/mol. The molecule has 0 spiro atoms. The van der Waals surface area contributed by atoms with Crippen molar-refractivity contribution >= 4 is 40.3 Å². The van der Waals surface area contributed by atoms with Crippen molar-refractivity contribution in [2.75, 3.05) is 12.3 Å². The number of hydrogen-bond donors (Lipinski definition) is 2. The summed E-state index contributed by atoms with van der Waals surface area (Å²) >= 11 is 7.67. The maximum Gasteiger partial charge on any atom is 0.175 e. The van der Waals surface area contributed by atoms with Crippen LogP contribution >= 0.6 is 23.4 Å². The monoisotopic (exact) mass is 420 g/mol. The number of rotatable bonds is 7. The zero-order valence-corrected chi connectivity index (χ0v) is 18.7. The number of fused-ring (bicyclic) bond motifs is 1. The van der Waals surface area contributed by atoms with Crippen molar-refractivity contribution in [2.24, 2.45) is 0 Å². The molecule has 28 heavy (non-hydrogen) atoms. The van der Waals surface area contributed by atoms with E-state index in [4.69, 9.17) is 22.3 Å². The minimum atomic E-state index is 0.406. The van der Waals surface area contributed by atoms with E-state index in [1.54, 1.807) is 11.8 Å². The van der Waals surface area contributed by atoms with Crippen molar-refractivity contribution in [3.8, 4) is 0 Å². The van der Waals surface area contributed by atoms with E-state index in [-0.39, 0.29) is 0 Å². The van der Waals surface area contributed by atoms with Gasteiger partial charge in [0, 0.05) is 22.5 Å². The fraction of sp³-hybridized carbons (Fsp3) is 0.450. The number of nitrogens with zero attached hydrogens (tertiary/aromatic N) is 4. The molecule has 2 aromatic heterocycles. The van der Waals surface area contributed by atoms with Crippen LogP contribution in [-0.4, -0.2) is 32.1 Å². The van der Waals surface area contributed by atoms with E-state index in [1.807, 2.05) is 39.0 Å². The highest BCUT2D eigenvalue weighted by molar-refractivity contribution is 7.99. The van der Waals surface area contributed by atoms with E-state index in [0.717, 1.165) is 45.8 Å². The predicted molar refractivity (Wildman–Crippen MR) is 119 cm³/mol. The molecule has 6 nitrogen and oxygen atoms in total.